The summed E-state index contributed by atoms with van der Waals surface area (Å²) >= 11 is 0. The summed E-state index contributed by atoms with van der Waals surface area (Å²) in [5.74, 6) is 0.993. The van der Waals surface area contributed by atoms with Crippen molar-refractivity contribution in [2.75, 3.05) is 11.9 Å². The quantitative estimate of drug-likeness (QED) is 0.855. The molecule has 3 rings (SSSR count). The van der Waals surface area contributed by atoms with Crippen LogP contribution in [-0.4, -0.2) is 28.0 Å². The zero-order valence-electron chi connectivity index (χ0n) is 10.5. The topological polar surface area (TPSA) is 39.1 Å². The molecule has 1 aliphatic heterocycles. The number of hydrogen-bond acceptors (Lipinski definition) is 3. The second kappa shape index (κ2) is 4.33. The number of aryl methyl sites for hydroxylation is 1. The largest absolute Gasteiger partial charge is 0.375 e. The maximum atomic E-state index is 6.03. The van der Waals surface area contributed by atoms with Crippen LogP contribution in [0.25, 0.3) is 0 Å². The van der Waals surface area contributed by atoms with E-state index in [1.807, 2.05) is 24.0 Å². The molecule has 2 aliphatic rings. The van der Waals surface area contributed by atoms with E-state index in [4.69, 9.17) is 4.74 Å². The van der Waals surface area contributed by atoms with E-state index in [1.54, 1.807) is 0 Å². The normalized spacial score (nSPS) is 27.5. The van der Waals surface area contributed by atoms with Crippen LogP contribution in [0.3, 0.4) is 0 Å². The molecule has 1 aliphatic carbocycles. The first-order valence-corrected chi connectivity index (χ1v) is 6.66. The molecule has 1 spiro atoms. The number of anilines is 1. The van der Waals surface area contributed by atoms with Crippen LogP contribution in [0.15, 0.2) is 12.3 Å². The van der Waals surface area contributed by atoms with Gasteiger partial charge in [-0.25, -0.2) is 0 Å². The lowest BCUT2D eigenvalue weighted by atomic mass is 9.89. The van der Waals surface area contributed by atoms with Gasteiger partial charge in [-0.3, -0.25) is 4.68 Å². The predicted molar refractivity (Wildman–Crippen MR) is 67.0 cm³/mol. The summed E-state index contributed by atoms with van der Waals surface area (Å²) in [6, 6.07) is 2.56. The van der Waals surface area contributed by atoms with E-state index in [1.165, 1.54) is 25.7 Å². The van der Waals surface area contributed by atoms with E-state index in [0.717, 1.165) is 25.3 Å². The zero-order valence-corrected chi connectivity index (χ0v) is 10.5. The minimum Gasteiger partial charge on any atom is -0.375 e. The standard InChI is InChI=1S/C13H21N3O/c1-16-8-4-12(15-16)14-11-5-9-17-13(10-11)6-2-3-7-13/h4,8,11H,2-3,5-7,9-10H2,1H3,(H,14,15). The second-order valence-electron chi connectivity index (χ2n) is 5.45. The number of aromatic nitrogens is 2. The van der Waals surface area contributed by atoms with Crippen molar-refractivity contribution in [3.05, 3.63) is 12.3 Å². The molecular formula is C13H21N3O. The minimum absolute atomic E-state index is 0.185. The van der Waals surface area contributed by atoms with Gasteiger partial charge in [-0.1, -0.05) is 12.8 Å². The van der Waals surface area contributed by atoms with E-state index in [0.29, 0.717) is 6.04 Å². The Bertz CT molecular complexity index is 382. The van der Waals surface area contributed by atoms with Crippen LogP contribution in [0.1, 0.15) is 38.5 Å². The van der Waals surface area contributed by atoms with Gasteiger partial charge in [-0.15, -0.1) is 0 Å². The summed E-state index contributed by atoms with van der Waals surface area (Å²) in [4.78, 5) is 0. The van der Waals surface area contributed by atoms with Crippen molar-refractivity contribution in [1.82, 2.24) is 9.78 Å². The first kappa shape index (κ1) is 11.1. The third-order valence-corrected chi connectivity index (χ3v) is 4.07. The van der Waals surface area contributed by atoms with Crippen molar-refractivity contribution < 1.29 is 4.74 Å². The molecule has 1 saturated heterocycles. The summed E-state index contributed by atoms with van der Waals surface area (Å²) in [6.45, 7) is 0.893. The Balaban J connectivity index is 1.64. The second-order valence-corrected chi connectivity index (χ2v) is 5.45. The summed E-state index contributed by atoms with van der Waals surface area (Å²) in [7, 11) is 1.95. The average molecular weight is 235 g/mol. The van der Waals surface area contributed by atoms with Crippen LogP contribution in [0.4, 0.5) is 5.82 Å². The van der Waals surface area contributed by atoms with E-state index in [2.05, 4.69) is 10.4 Å². The maximum Gasteiger partial charge on any atom is 0.148 e. The first-order valence-electron chi connectivity index (χ1n) is 6.66. The highest BCUT2D eigenvalue weighted by Gasteiger charge is 2.39. The van der Waals surface area contributed by atoms with Gasteiger partial charge in [0.25, 0.3) is 0 Å². The number of ether oxygens (including phenoxy) is 1. The van der Waals surface area contributed by atoms with Crippen molar-refractivity contribution in [1.29, 1.82) is 0 Å². The molecule has 4 nitrogen and oxygen atoms in total. The van der Waals surface area contributed by atoms with Crippen LogP contribution in [0.5, 0.6) is 0 Å². The first-order chi connectivity index (χ1) is 8.26. The molecule has 1 N–H and O–H groups in total. The molecule has 2 heterocycles. The highest BCUT2D eigenvalue weighted by molar-refractivity contribution is 5.33. The minimum atomic E-state index is 0.185. The molecule has 1 unspecified atom stereocenters. The van der Waals surface area contributed by atoms with Gasteiger partial charge in [0.15, 0.2) is 0 Å². The van der Waals surface area contributed by atoms with Crippen LogP contribution >= 0.6 is 0 Å². The monoisotopic (exact) mass is 235 g/mol. The molecule has 1 aromatic rings. The van der Waals surface area contributed by atoms with Crippen molar-refractivity contribution in [3.8, 4) is 0 Å². The summed E-state index contributed by atoms with van der Waals surface area (Å²) in [5.41, 5.74) is 0.185. The molecule has 17 heavy (non-hydrogen) atoms. The molecule has 0 bridgehead atoms. The van der Waals surface area contributed by atoms with E-state index in [9.17, 15) is 0 Å². The summed E-state index contributed by atoms with van der Waals surface area (Å²) in [6.07, 6.45) is 9.36. The van der Waals surface area contributed by atoms with Crippen LogP contribution < -0.4 is 5.32 Å². The number of nitrogens with zero attached hydrogens (tertiary/aromatic N) is 2. The molecule has 0 radical (unpaired) electrons. The van der Waals surface area contributed by atoms with Gasteiger partial charge in [0.05, 0.1) is 5.60 Å². The Hall–Kier alpha value is -1.03. The van der Waals surface area contributed by atoms with Gasteiger partial charge in [0.2, 0.25) is 0 Å². The highest BCUT2D eigenvalue weighted by atomic mass is 16.5. The smallest absolute Gasteiger partial charge is 0.148 e. The number of hydrogen-bond donors (Lipinski definition) is 1. The molecule has 4 heteroatoms. The van der Waals surface area contributed by atoms with Gasteiger partial charge in [-0.05, 0) is 25.7 Å². The summed E-state index contributed by atoms with van der Waals surface area (Å²) < 4.78 is 7.87. The zero-order chi connectivity index (χ0) is 11.7. The molecule has 1 saturated carbocycles. The third-order valence-electron chi connectivity index (χ3n) is 4.07. The molecule has 1 aromatic heterocycles. The molecule has 0 amide bonds. The molecular weight excluding hydrogens is 214 g/mol. The Morgan fingerprint density at radius 3 is 3.00 bits per heavy atom. The molecule has 94 valence electrons. The lowest BCUT2D eigenvalue weighted by Crippen LogP contribution is -2.42. The fourth-order valence-electron chi connectivity index (χ4n) is 3.22. The fraction of sp³-hybridized carbons (Fsp3) is 0.769. The predicted octanol–water partition coefficient (Wildman–Crippen LogP) is 2.32. The Morgan fingerprint density at radius 2 is 2.29 bits per heavy atom. The Labute approximate surface area is 102 Å². The van der Waals surface area contributed by atoms with E-state index >= 15 is 0 Å². The Kier molecular flexibility index (Phi) is 2.82. The molecule has 1 atom stereocenters. The van der Waals surface area contributed by atoms with Crippen LogP contribution in [0, 0.1) is 0 Å². The highest BCUT2D eigenvalue weighted by Crippen LogP contribution is 2.40. The number of nitrogens with one attached hydrogen (secondary N) is 1. The summed E-state index contributed by atoms with van der Waals surface area (Å²) in [5, 5.41) is 7.93. The molecule has 2 fully saturated rings. The SMILES string of the molecule is Cn1ccc(NC2CCOC3(CCCC3)C2)n1. The van der Waals surface area contributed by atoms with Crippen molar-refractivity contribution >= 4 is 5.82 Å². The van der Waals surface area contributed by atoms with Gasteiger partial charge in [0, 0.05) is 32.0 Å². The van der Waals surface area contributed by atoms with E-state index in [-0.39, 0.29) is 5.60 Å². The van der Waals surface area contributed by atoms with Crippen molar-refractivity contribution in [3.63, 3.8) is 0 Å². The molecule has 0 aromatic carbocycles. The fourth-order valence-corrected chi connectivity index (χ4v) is 3.22. The van der Waals surface area contributed by atoms with Crippen LogP contribution in [0.2, 0.25) is 0 Å². The van der Waals surface area contributed by atoms with Gasteiger partial charge < -0.3 is 10.1 Å². The van der Waals surface area contributed by atoms with Gasteiger partial charge >= 0.3 is 0 Å². The van der Waals surface area contributed by atoms with E-state index < -0.39 is 0 Å². The van der Waals surface area contributed by atoms with Gasteiger partial charge in [-0.2, -0.15) is 5.10 Å². The number of rotatable bonds is 2. The lowest BCUT2D eigenvalue weighted by Gasteiger charge is -2.38. The third kappa shape index (κ3) is 2.32. The average Bonchev–Trinajstić information content (AvgIpc) is 2.89. The van der Waals surface area contributed by atoms with Crippen molar-refractivity contribution in [2.24, 2.45) is 7.05 Å². The Morgan fingerprint density at radius 1 is 1.47 bits per heavy atom. The van der Waals surface area contributed by atoms with Crippen molar-refractivity contribution in [2.45, 2.75) is 50.2 Å². The van der Waals surface area contributed by atoms with Crippen LogP contribution in [-0.2, 0) is 11.8 Å². The lowest BCUT2D eigenvalue weighted by molar-refractivity contribution is -0.0767. The maximum absolute atomic E-state index is 6.03. The van der Waals surface area contributed by atoms with Gasteiger partial charge in [0.1, 0.15) is 5.82 Å².